The molecule has 0 aliphatic carbocycles. The van der Waals surface area contributed by atoms with Gasteiger partial charge in [0.25, 0.3) is 0 Å². The Morgan fingerprint density at radius 1 is 1.15 bits per heavy atom. The molecule has 0 aromatic rings. The van der Waals surface area contributed by atoms with Crippen LogP contribution in [0.3, 0.4) is 0 Å². The van der Waals surface area contributed by atoms with Crippen molar-refractivity contribution in [3.63, 3.8) is 0 Å². The first-order valence-corrected chi connectivity index (χ1v) is 4.17. The summed E-state index contributed by atoms with van der Waals surface area (Å²) in [7, 11) is 2.62. The van der Waals surface area contributed by atoms with Gasteiger partial charge in [0.15, 0.2) is 0 Å². The Kier molecular flexibility index (Phi) is 5.11. The molecule has 0 unspecified atom stereocenters. The molecule has 0 heterocycles. The van der Waals surface area contributed by atoms with Gasteiger partial charge in [-0.1, -0.05) is 13.8 Å². The number of methoxy groups -OCH3 is 2. The van der Waals surface area contributed by atoms with Gasteiger partial charge in [-0.25, -0.2) is 0 Å². The Morgan fingerprint density at radius 3 is 2.00 bits per heavy atom. The molecule has 0 fully saturated rings. The number of carbonyl (C=O) groups excluding carboxylic acids is 2. The predicted molar refractivity (Wildman–Crippen MR) is 47.0 cm³/mol. The highest BCUT2D eigenvalue weighted by Gasteiger charge is 2.26. The summed E-state index contributed by atoms with van der Waals surface area (Å²) < 4.78 is 9.05. The van der Waals surface area contributed by atoms with Gasteiger partial charge in [-0.2, -0.15) is 0 Å². The second kappa shape index (κ2) is 5.56. The Hall–Kier alpha value is -1.06. The van der Waals surface area contributed by atoms with E-state index in [1.54, 1.807) is 0 Å². The molecule has 0 amide bonds. The lowest BCUT2D eigenvalue weighted by Crippen LogP contribution is -2.25. The maximum atomic E-state index is 11.2. The van der Waals surface area contributed by atoms with Gasteiger partial charge < -0.3 is 9.47 Å². The molecule has 0 radical (unpaired) electrons. The molecule has 4 nitrogen and oxygen atoms in total. The Bertz CT molecular complexity index is 186. The maximum absolute atomic E-state index is 11.2. The molecular formula is C9H16O4. The third-order valence-corrected chi connectivity index (χ3v) is 1.92. The first kappa shape index (κ1) is 11.9. The van der Waals surface area contributed by atoms with Crippen LogP contribution < -0.4 is 0 Å². The van der Waals surface area contributed by atoms with E-state index >= 15 is 0 Å². The molecular weight excluding hydrogens is 172 g/mol. The zero-order valence-electron chi connectivity index (χ0n) is 8.49. The van der Waals surface area contributed by atoms with Gasteiger partial charge in [0.05, 0.1) is 26.6 Å². The van der Waals surface area contributed by atoms with Crippen molar-refractivity contribution < 1.29 is 19.1 Å². The largest absolute Gasteiger partial charge is 0.469 e. The van der Waals surface area contributed by atoms with Crippen LogP contribution in [0.1, 0.15) is 20.3 Å². The van der Waals surface area contributed by atoms with E-state index in [2.05, 4.69) is 9.47 Å². The van der Waals surface area contributed by atoms with Crippen molar-refractivity contribution in [1.82, 2.24) is 0 Å². The van der Waals surface area contributed by atoms with E-state index in [-0.39, 0.29) is 24.3 Å². The molecule has 0 spiro atoms. The number of hydrogen-bond donors (Lipinski definition) is 0. The molecule has 0 saturated heterocycles. The molecule has 0 N–H and O–H groups in total. The van der Waals surface area contributed by atoms with Crippen LogP contribution >= 0.6 is 0 Å². The van der Waals surface area contributed by atoms with Gasteiger partial charge in [0.1, 0.15) is 0 Å². The summed E-state index contributed by atoms with van der Waals surface area (Å²) in [5, 5.41) is 0. The van der Waals surface area contributed by atoms with Crippen LogP contribution in [0.5, 0.6) is 0 Å². The molecule has 0 saturated carbocycles. The van der Waals surface area contributed by atoms with E-state index in [9.17, 15) is 9.59 Å². The first-order valence-electron chi connectivity index (χ1n) is 4.17. The Labute approximate surface area is 78.2 Å². The van der Waals surface area contributed by atoms with Crippen molar-refractivity contribution in [3.8, 4) is 0 Å². The second-order valence-corrected chi connectivity index (χ2v) is 3.15. The average molecular weight is 188 g/mol. The minimum Gasteiger partial charge on any atom is -0.469 e. The number of rotatable bonds is 4. The smallest absolute Gasteiger partial charge is 0.309 e. The molecule has 0 aromatic heterocycles. The van der Waals surface area contributed by atoms with Gasteiger partial charge in [0, 0.05) is 0 Å². The Balaban J connectivity index is 4.26. The molecule has 4 heteroatoms. The first-order chi connectivity index (χ1) is 6.02. The van der Waals surface area contributed by atoms with Crippen molar-refractivity contribution >= 4 is 11.9 Å². The molecule has 0 rings (SSSR count). The molecule has 0 aliphatic rings. The van der Waals surface area contributed by atoms with E-state index < -0.39 is 5.92 Å². The topological polar surface area (TPSA) is 52.6 Å². The summed E-state index contributed by atoms with van der Waals surface area (Å²) in [6.07, 6.45) is 0.0842. The average Bonchev–Trinajstić information content (AvgIpc) is 2.11. The Morgan fingerprint density at radius 2 is 1.69 bits per heavy atom. The highest BCUT2D eigenvalue weighted by Crippen LogP contribution is 2.17. The van der Waals surface area contributed by atoms with Crippen molar-refractivity contribution in [2.24, 2.45) is 11.8 Å². The van der Waals surface area contributed by atoms with Crippen LogP contribution in [0, 0.1) is 11.8 Å². The predicted octanol–water partition coefficient (Wildman–Crippen LogP) is 0.995. The van der Waals surface area contributed by atoms with Crippen molar-refractivity contribution in [2.75, 3.05) is 14.2 Å². The van der Waals surface area contributed by atoms with E-state index in [1.807, 2.05) is 13.8 Å². The summed E-state index contributed by atoms with van der Waals surface area (Å²) in [5.41, 5.74) is 0. The summed E-state index contributed by atoms with van der Waals surface area (Å²) >= 11 is 0. The van der Waals surface area contributed by atoms with Crippen molar-refractivity contribution in [1.29, 1.82) is 0 Å². The fourth-order valence-electron chi connectivity index (χ4n) is 1.01. The standard InChI is InChI=1S/C9H16O4/c1-6(2)7(9(11)13-4)5-8(10)12-3/h6-7H,5H2,1-4H3/t7-/m0/s1. The van der Waals surface area contributed by atoms with Crippen LogP contribution in [-0.4, -0.2) is 26.2 Å². The highest BCUT2D eigenvalue weighted by molar-refractivity contribution is 5.79. The summed E-state index contributed by atoms with van der Waals surface area (Å²) in [4.78, 5) is 22.1. The van der Waals surface area contributed by atoms with Crippen molar-refractivity contribution in [3.05, 3.63) is 0 Å². The number of ether oxygens (including phenoxy) is 2. The van der Waals surface area contributed by atoms with Crippen LogP contribution in [0.15, 0.2) is 0 Å². The van der Waals surface area contributed by atoms with Gasteiger partial charge in [-0.3, -0.25) is 9.59 Å². The molecule has 0 bridgehead atoms. The second-order valence-electron chi connectivity index (χ2n) is 3.15. The zero-order valence-corrected chi connectivity index (χ0v) is 8.49. The molecule has 76 valence electrons. The number of esters is 2. The van der Waals surface area contributed by atoms with Crippen LogP contribution in [0.25, 0.3) is 0 Å². The van der Waals surface area contributed by atoms with Crippen LogP contribution in [-0.2, 0) is 19.1 Å². The van der Waals surface area contributed by atoms with Crippen LogP contribution in [0.2, 0.25) is 0 Å². The lowest BCUT2D eigenvalue weighted by atomic mass is 9.93. The molecule has 0 aromatic carbocycles. The third-order valence-electron chi connectivity index (χ3n) is 1.92. The summed E-state index contributed by atoms with van der Waals surface area (Å²) in [6.45, 7) is 3.73. The number of hydrogen-bond acceptors (Lipinski definition) is 4. The van der Waals surface area contributed by atoms with E-state index in [4.69, 9.17) is 0 Å². The minimum atomic E-state index is -0.405. The number of carbonyl (C=O) groups is 2. The zero-order chi connectivity index (χ0) is 10.4. The maximum Gasteiger partial charge on any atom is 0.309 e. The fraction of sp³-hybridized carbons (Fsp3) is 0.778. The minimum absolute atomic E-state index is 0.0755. The third kappa shape index (κ3) is 3.92. The van der Waals surface area contributed by atoms with E-state index in [0.717, 1.165) is 0 Å². The van der Waals surface area contributed by atoms with E-state index in [0.29, 0.717) is 0 Å². The molecule has 1 atom stereocenters. The highest BCUT2D eigenvalue weighted by atomic mass is 16.5. The van der Waals surface area contributed by atoms with Gasteiger partial charge >= 0.3 is 11.9 Å². The SMILES string of the molecule is COC(=O)C[C@H](C(=O)OC)C(C)C. The van der Waals surface area contributed by atoms with Gasteiger partial charge in [0.2, 0.25) is 0 Å². The fourth-order valence-corrected chi connectivity index (χ4v) is 1.01. The van der Waals surface area contributed by atoms with Crippen molar-refractivity contribution in [2.45, 2.75) is 20.3 Å². The monoisotopic (exact) mass is 188 g/mol. The van der Waals surface area contributed by atoms with Gasteiger partial charge in [-0.05, 0) is 5.92 Å². The van der Waals surface area contributed by atoms with Gasteiger partial charge in [-0.15, -0.1) is 0 Å². The lowest BCUT2D eigenvalue weighted by Gasteiger charge is -2.16. The summed E-state index contributed by atoms with van der Waals surface area (Å²) in [5.74, 6) is -1.08. The quantitative estimate of drug-likeness (QED) is 0.617. The van der Waals surface area contributed by atoms with E-state index in [1.165, 1.54) is 14.2 Å². The summed E-state index contributed by atoms with van der Waals surface area (Å²) in [6, 6.07) is 0. The normalized spacial score (nSPS) is 12.4. The lowest BCUT2D eigenvalue weighted by molar-refractivity contribution is -0.153. The van der Waals surface area contributed by atoms with Crippen LogP contribution in [0.4, 0.5) is 0 Å². The molecule has 0 aliphatic heterocycles. The molecule has 13 heavy (non-hydrogen) atoms.